The number of phenols is 1. The lowest BCUT2D eigenvalue weighted by atomic mass is 9.96. The van der Waals surface area contributed by atoms with E-state index in [1.165, 1.54) is 18.2 Å². The van der Waals surface area contributed by atoms with Crippen LogP contribution in [0.1, 0.15) is 53.3 Å². The minimum atomic E-state index is -1.04. The van der Waals surface area contributed by atoms with Gasteiger partial charge in [0.1, 0.15) is 35.5 Å². The van der Waals surface area contributed by atoms with Crippen molar-refractivity contribution in [1.29, 1.82) is 0 Å². The minimum Gasteiger partial charge on any atom is -0.508 e. The largest absolute Gasteiger partial charge is 0.508 e. The first-order chi connectivity index (χ1) is 35.8. The zero-order valence-electron chi connectivity index (χ0n) is 41.2. The van der Waals surface area contributed by atoms with Crippen LogP contribution in [0.2, 0.25) is 5.02 Å². The average Bonchev–Trinajstić information content (AvgIpc) is 3.64. The highest BCUT2D eigenvalue weighted by atomic mass is 35.5. The summed E-state index contributed by atoms with van der Waals surface area (Å²) in [5.41, 5.74) is 0.806. The average molecular weight is 1040 g/mol. The van der Waals surface area contributed by atoms with E-state index in [9.17, 15) is 33.9 Å². The third kappa shape index (κ3) is 12.5. The summed E-state index contributed by atoms with van der Waals surface area (Å²) in [6.07, 6.45) is 0.602. The summed E-state index contributed by atoms with van der Waals surface area (Å²) in [7, 11) is 1.68. The van der Waals surface area contributed by atoms with Gasteiger partial charge in [0, 0.05) is 76.5 Å². The molecule has 4 aromatic carbocycles. The molecule has 392 valence electrons. The predicted molar refractivity (Wildman–Crippen MR) is 271 cm³/mol. The Balaban J connectivity index is 0.718. The smallest absolute Gasteiger partial charge is 0.262 e. The monoisotopic (exact) mass is 1040 g/mol. The molecule has 74 heavy (non-hydrogen) atoms. The van der Waals surface area contributed by atoms with Crippen molar-refractivity contribution in [2.45, 2.75) is 38.6 Å². The van der Waals surface area contributed by atoms with Gasteiger partial charge < -0.3 is 48.8 Å². The van der Waals surface area contributed by atoms with E-state index in [2.05, 4.69) is 15.6 Å². The molecule has 2 fully saturated rings. The van der Waals surface area contributed by atoms with Crippen molar-refractivity contribution in [2.75, 3.05) is 116 Å². The maximum absolute atomic E-state index is 16.9. The topological polar surface area (TPSA) is 232 Å². The predicted octanol–water partition coefficient (Wildman–Crippen LogP) is 4.81. The van der Waals surface area contributed by atoms with Crippen LogP contribution in [0, 0.1) is 5.82 Å². The molecule has 3 aliphatic heterocycles. The molecule has 22 heteroatoms. The van der Waals surface area contributed by atoms with Gasteiger partial charge in [-0.3, -0.25) is 39.0 Å². The number of anilines is 2. The number of carbonyl (C=O) groups excluding carboxylic acids is 6. The molecule has 0 radical (unpaired) electrons. The van der Waals surface area contributed by atoms with E-state index in [0.717, 1.165) is 4.90 Å². The number of fused-ring (bicyclic) bond motifs is 3. The SMILES string of the molecule is CCC(=O)N1CCN(c2nc(NCCC(=O)N(C)CCOCCOCCOCCOCCOc3ccc4c(c3)C(=O)N(C3CCC(=O)NC3=O)C4=O)nc3c(F)c(-c4cc(O)cc5ccccc45)c(Cl)cc23)CC1. The third-order valence-electron chi connectivity index (χ3n) is 12.9. The van der Waals surface area contributed by atoms with Crippen LogP contribution in [0.25, 0.3) is 32.8 Å². The summed E-state index contributed by atoms with van der Waals surface area (Å²) >= 11 is 6.87. The molecule has 0 bridgehead atoms. The lowest BCUT2D eigenvalue weighted by Gasteiger charge is -2.36. The Kier molecular flexibility index (Phi) is 17.8. The van der Waals surface area contributed by atoms with Crippen LogP contribution >= 0.6 is 11.6 Å². The Bertz CT molecular complexity index is 2920. The summed E-state index contributed by atoms with van der Waals surface area (Å²) in [5, 5.41) is 17.8. The maximum Gasteiger partial charge on any atom is 0.262 e. The molecule has 8 rings (SSSR count). The van der Waals surface area contributed by atoms with E-state index in [1.54, 1.807) is 35.0 Å². The van der Waals surface area contributed by atoms with Gasteiger partial charge in [0.2, 0.25) is 29.6 Å². The molecule has 1 unspecified atom stereocenters. The van der Waals surface area contributed by atoms with Gasteiger partial charge in [-0.05, 0) is 59.2 Å². The fourth-order valence-corrected chi connectivity index (χ4v) is 9.25. The van der Waals surface area contributed by atoms with E-state index in [0.29, 0.717) is 112 Å². The molecule has 6 amide bonds. The number of likely N-dealkylation sites (N-methyl/N-ethyl adjacent to an activating group) is 1. The molecule has 0 aliphatic carbocycles. The number of rotatable bonds is 24. The second-order valence-electron chi connectivity index (χ2n) is 17.7. The van der Waals surface area contributed by atoms with E-state index in [1.807, 2.05) is 36.1 Å². The number of phenolic OH excluding ortho intramolecular Hbond substituents is 1. The van der Waals surface area contributed by atoms with Crippen LogP contribution in [0.5, 0.6) is 11.5 Å². The Morgan fingerprint density at radius 2 is 1.50 bits per heavy atom. The zero-order chi connectivity index (χ0) is 52.3. The number of aromatic hydroxyl groups is 1. The molecule has 3 N–H and O–H groups in total. The quantitative estimate of drug-likeness (QED) is 0.0556. The van der Waals surface area contributed by atoms with Crippen molar-refractivity contribution in [3.05, 3.63) is 82.6 Å². The number of piperidine rings is 1. The second kappa shape index (κ2) is 24.8. The van der Waals surface area contributed by atoms with Gasteiger partial charge in [0.25, 0.3) is 11.8 Å². The van der Waals surface area contributed by atoms with Crippen molar-refractivity contribution in [2.24, 2.45) is 0 Å². The highest BCUT2D eigenvalue weighted by Crippen LogP contribution is 2.42. The molecule has 20 nitrogen and oxygen atoms in total. The number of amides is 6. The lowest BCUT2D eigenvalue weighted by molar-refractivity contribution is -0.136. The lowest BCUT2D eigenvalue weighted by Crippen LogP contribution is -2.54. The maximum atomic E-state index is 16.9. The number of nitrogens with one attached hydrogen (secondary N) is 2. The molecule has 2 saturated heterocycles. The molecule has 5 aromatic rings. The van der Waals surface area contributed by atoms with Gasteiger partial charge >= 0.3 is 0 Å². The van der Waals surface area contributed by atoms with Crippen LogP contribution in [-0.2, 0) is 38.1 Å². The van der Waals surface area contributed by atoms with Crippen molar-refractivity contribution in [3.63, 3.8) is 0 Å². The number of carbonyl (C=O) groups is 6. The van der Waals surface area contributed by atoms with E-state index < -0.39 is 35.5 Å². The number of ether oxygens (including phenoxy) is 5. The van der Waals surface area contributed by atoms with Gasteiger partial charge in [-0.1, -0.05) is 42.8 Å². The van der Waals surface area contributed by atoms with Crippen molar-refractivity contribution in [3.8, 4) is 22.6 Å². The van der Waals surface area contributed by atoms with Gasteiger partial charge in [-0.25, -0.2) is 9.37 Å². The van der Waals surface area contributed by atoms with Crippen LogP contribution in [0.15, 0.2) is 60.7 Å². The third-order valence-corrected chi connectivity index (χ3v) is 13.2. The molecule has 0 spiro atoms. The first-order valence-corrected chi connectivity index (χ1v) is 24.9. The van der Waals surface area contributed by atoms with Crippen LogP contribution in [-0.4, -0.2) is 177 Å². The highest BCUT2D eigenvalue weighted by Gasteiger charge is 2.44. The molecule has 1 aromatic heterocycles. The Labute approximate surface area is 430 Å². The van der Waals surface area contributed by atoms with Gasteiger partial charge in [0.05, 0.1) is 69.0 Å². The normalized spacial score (nSPS) is 15.8. The zero-order valence-corrected chi connectivity index (χ0v) is 41.9. The summed E-state index contributed by atoms with van der Waals surface area (Å²) in [5.74, 6) is -2.22. The summed E-state index contributed by atoms with van der Waals surface area (Å²) in [6, 6.07) is 15.5. The number of hydrogen-bond donors (Lipinski definition) is 3. The standard InChI is InChI=1S/C52H58ClFN8O12/c1-3-43(65)60-14-16-61(17-15-60)48-39-31-40(53)45(37-29-33(63)28-32-6-4-5-7-35(32)37)46(54)47(39)57-52(58-48)55-13-12-44(66)59(2)18-19-70-20-21-71-22-23-72-24-25-73-26-27-74-34-8-9-36-38(30-34)51(69)62(50(36)68)41-10-11-42(64)56-49(41)67/h4-9,28-31,41,63H,3,10-27H2,1-2H3,(H,55,57,58)(H,56,64,67). The summed E-state index contributed by atoms with van der Waals surface area (Å²) in [6.45, 7) is 6.83. The van der Waals surface area contributed by atoms with Crippen LogP contribution in [0.3, 0.4) is 0 Å². The molecular weight excluding hydrogens is 983 g/mol. The number of nitrogens with zero attached hydrogens (tertiary/aromatic N) is 6. The molecule has 3 aliphatic rings. The Hall–Kier alpha value is -7.04. The Morgan fingerprint density at radius 1 is 0.824 bits per heavy atom. The second-order valence-corrected chi connectivity index (χ2v) is 18.1. The first kappa shape index (κ1) is 53.3. The van der Waals surface area contributed by atoms with Gasteiger partial charge in [-0.15, -0.1) is 0 Å². The van der Waals surface area contributed by atoms with Crippen molar-refractivity contribution >= 4 is 80.5 Å². The number of imide groups is 2. The number of aromatic nitrogens is 2. The fraction of sp³-hybridized carbons (Fsp3) is 0.423. The van der Waals surface area contributed by atoms with E-state index in [-0.39, 0.29) is 96.4 Å². The van der Waals surface area contributed by atoms with Gasteiger partial charge in [0.15, 0.2) is 5.82 Å². The fourth-order valence-electron chi connectivity index (χ4n) is 8.96. The summed E-state index contributed by atoms with van der Waals surface area (Å²) in [4.78, 5) is 90.9. The van der Waals surface area contributed by atoms with Crippen LogP contribution in [0.4, 0.5) is 16.2 Å². The minimum absolute atomic E-state index is 0.0136. The number of benzene rings is 4. The molecule has 0 saturated carbocycles. The number of halogens is 2. The Morgan fingerprint density at radius 3 is 2.20 bits per heavy atom. The first-order valence-electron chi connectivity index (χ1n) is 24.5. The number of piperazine rings is 1. The van der Waals surface area contributed by atoms with E-state index >= 15 is 4.39 Å². The van der Waals surface area contributed by atoms with Crippen molar-refractivity contribution in [1.82, 2.24) is 30.0 Å². The van der Waals surface area contributed by atoms with E-state index in [4.69, 9.17) is 40.3 Å². The molecular formula is C52H58ClFN8O12. The van der Waals surface area contributed by atoms with Crippen molar-refractivity contribution < 1.29 is 61.9 Å². The summed E-state index contributed by atoms with van der Waals surface area (Å²) < 4.78 is 45.0. The van der Waals surface area contributed by atoms with Gasteiger partial charge in [-0.2, -0.15) is 4.98 Å². The number of hydrogen-bond acceptors (Lipinski definition) is 16. The molecule has 4 heterocycles. The highest BCUT2D eigenvalue weighted by molar-refractivity contribution is 6.35. The van der Waals surface area contributed by atoms with Crippen LogP contribution < -0.4 is 20.3 Å². The molecule has 1 atom stereocenters.